The Morgan fingerprint density at radius 3 is 2.78 bits per heavy atom. The fourth-order valence-electron chi connectivity index (χ4n) is 1.44. The first-order valence-electron chi connectivity index (χ1n) is 5.56. The Hall–Kier alpha value is -2.21. The summed E-state index contributed by atoms with van der Waals surface area (Å²) in [6, 6.07) is 7.92. The summed E-state index contributed by atoms with van der Waals surface area (Å²) < 4.78 is 13.0. The third-order valence-electron chi connectivity index (χ3n) is 2.21. The smallest absolute Gasteiger partial charge is 0.135 e. The predicted octanol–water partition coefficient (Wildman–Crippen LogP) is 1.73. The minimum atomic E-state index is -0.296. The molecule has 0 unspecified atom stereocenters. The molecule has 1 aromatic carbocycles. The van der Waals surface area contributed by atoms with Gasteiger partial charge in [0.25, 0.3) is 0 Å². The third-order valence-corrected chi connectivity index (χ3v) is 2.21. The van der Waals surface area contributed by atoms with Crippen LogP contribution in [0.4, 0.5) is 21.7 Å². The van der Waals surface area contributed by atoms with Crippen molar-refractivity contribution < 1.29 is 4.39 Å². The second-order valence-electron chi connectivity index (χ2n) is 3.64. The van der Waals surface area contributed by atoms with E-state index in [1.165, 1.54) is 18.5 Å². The van der Waals surface area contributed by atoms with Crippen LogP contribution in [0.3, 0.4) is 0 Å². The number of nitrogens with zero attached hydrogens (tertiary/aromatic N) is 2. The summed E-state index contributed by atoms with van der Waals surface area (Å²) in [5.74, 6) is 0.972. The van der Waals surface area contributed by atoms with E-state index in [9.17, 15) is 4.39 Å². The molecule has 6 heteroatoms. The Morgan fingerprint density at radius 2 is 2.00 bits per heavy atom. The van der Waals surface area contributed by atoms with E-state index in [1.54, 1.807) is 18.2 Å². The summed E-state index contributed by atoms with van der Waals surface area (Å²) in [5.41, 5.74) is 6.03. The standard InChI is InChI=1S/C12H14FN5/c13-9-2-1-3-10(6-9)18-12-7-11(15-5-4-14)16-8-17-12/h1-3,6-8H,4-5,14H2,(H2,15,16,17,18). The lowest BCUT2D eigenvalue weighted by atomic mass is 10.3. The molecule has 0 amide bonds. The molecule has 0 bridgehead atoms. The summed E-state index contributed by atoms with van der Waals surface area (Å²) in [7, 11) is 0. The predicted molar refractivity (Wildman–Crippen MR) is 69.3 cm³/mol. The Balaban J connectivity index is 2.09. The minimum Gasteiger partial charge on any atom is -0.369 e. The number of aromatic nitrogens is 2. The Labute approximate surface area is 104 Å². The molecule has 0 fully saturated rings. The van der Waals surface area contributed by atoms with Crippen LogP contribution < -0.4 is 16.4 Å². The number of hydrogen-bond donors (Lipinski definition) is 3. The molecular weight excluding hydrogens is 233 g/mol. The van der Waals surface area contributed by atoms with Crippen molar-refractivity contribution in [3.63, 3.8) is 0 Å². The number of hydrogen-bond acceptors (Lipinski definition) is 5. The summed E-state index contributed by atoms with van der Waals surface area (Å²) in [4.78, 5) is 8.10. The van der Waals surface area contributed by atoms with Gasteiger partial charge in [0.15, 0.2) is 0 Å². The molecule has 0 aliphatic rings. The van der Waals surface area contributed by atoms with Gasteiger partial charge in [-0.2, -0.15) is 0 Å². The molecule has 0 atom stereocenters. The highest BCUT2D eigenvalue weighted by Crippen LogP contribution is 2.16. The van der Waals surface area contributed by atoms with Crippen molar-refractivity contribution >= 4 is 17.3 Å². The van der Waals surface area contributed by atoms with Gasteiger partial charge in [0.05, 0.1) is 0 Å². The number of rotatable bonds is 5. The first-order valence-corrected chi connectivity index (χ1v) is 5.56. The van der Waals surface area contributed by atoms with Crippen molar-refractivity contribution in [3.8, 4) is 0 Å². The van der Waals surface area contributed by atoms with Gasteiger partial charge < -0.3 is 16.4 Å². The lowest BCUT2D eigenvalue weighted by molar-refractivity contribution is 0.628. The van der Waals surface area contributed by atoms with Crippen LogP contribution in [0.5, 0.6) is 0 Å². The molecule has 0 spiro atoms. The van der Waals surface area contributed by atoms with E-state index in [2.05, 4.69) is 20.6 Å². The second-order valence-corrected chi connectivity index (χ2v) is 3.64. The van der Waals surface area contributed by atoms with Crippen LogP contribution in [-0.2, 0) is 0 Å². The van der Waals surface area contributed by atoms with Crippen LogP contribution in [0.1, 0.15) is 0 Å². The molecule has 0 aliphatic heterocycles. The van der Waals surface area contributed by atoms with E-state index >= 15 is 0 Å². The topological polar surface area (TPSA) is 75.9 Å². The molecule has 2 aromatic rings. The molecular formula is C12H14FN5. The Bertz CT molecular complexity index is 517. The van der Waals surface area contributed by atoms with Gasteiger partial charge in [-0.15, -0.1) is 0 Å². The molecule has 4 N–H and O–H groups in total. The maximum atomic E-state index is 13.0. The highest BCUT2D eigenvalue weighted by molar-refractivity contribution is 5.58. The van der Waals surface area contributed by atoms with E-state index in [4.69, 9.17) is 5.73 Å². The Morgan fingerprint density at radius 1 is 1.17 bits per heavy atom. The highest BCUT2D eigenvalue weighted by atomic mass is 19.1. The summed E-state index contributed by atoms with van der Waals surface area (Å²) in [6.45, 7) is 1.16. The Kier molecular flexibility index (Phi) is 4.03. The first-order chi connectivity index (χ1) is 8.78. The molecule has 1 heterocycles. The van der Waals surface area contributed by atoms with Gasteiger partial charge in [0.2, 0.25) is 0 Å². The molecule has 1 aromatic heterocycles. The van der Waals surface area contributed by atoms with Crippen LogP contribution in [0, 0.1) is 5.82 Å². The molecule has 5 nitrogen and oxygen atoms in total. The number of benzene rings is 1. The highest BCUT2D eigenvalue weighted by Gasteiger charge is 2.00. The third kappa shape index (κ3) is 3.39. The molecule has 0 saturated heterocycles. The zero-order chi connectivity index (χ0) is 12.8. The molecule has 0 saturated carbocycles. The van der Waals surface area contributed by atoms with E-state index in [0.29, 0.717) is 30.4 Å². The van der Waals surface area contributed by atoms with Crippen molar-refractivity contribution in [1.29, 1.82) is 0 Å². The fourth-order valence-corrected chi connectivity index (χ4v) is 1.44. The van der Waals surface area contributed by atoms with E-state index in [1.807, 2.05) is 0 Å². The minimum absolute atomic E-state index is 0.296. The van der Waals surface area contributed by atoms with Gasteiger partial charge in [-0.25, -0.2) is 14.4 Å². The van der Waals surface area contributed by atoms with Crippen LogP contribution in [0.2, 0.25) is 0 Å². The first kappa shape index (κ1) is 12.3. The van der Waals surface area contributed by atoms with Crippen molar-refractivity contribution in [2.24, 2.45) is 5.73 Å². The quantitative estimate of drug-likeness (QED) is 0.750. The monoisotopic (exact) mass is 247 g/mol. The molecule has 0 aliphatic carbocycles. The van der Waals surface area contributed by atoms with Crippen molar-refractivity contribution in [1.82, 2.24) is 9.97 Å². The fraction of sp³-hybridized carbons (Fsp3) is 0.167. The molecule has 0 radical (unpaired) electrons. The van der Waals surface area contributed by atoms with Gasteiger partial charge in [-0.3, -0.25) is 0 Å². The molecule has 18 heavy (non-hydrogen) atoms. The zero-order valence-electron chi connectivity index (χ0n) is 9.73. The van der Waals surface area contributed by atoms with Crippen LogP contribution >= 0.6 is 0 Å². The molecule has 2 rings (SSSR count). The van der Waals surface area contributed by atoms with Gasteiger partial charge in [-0.1, -0.05) is 6.07 Å². The SMILES string of the molecule is NCCNc1cc(Nc2cccc(F)c2)ncn1. The summed E-state index contributed by atoms with van der Waals surface area (Å²) in [5, 5.41) is 6.04. The number of halogens is 1. The van der Waals surface area contributed by atoms with Crippen LogP contribution in [0.25, 0.3) is 0 Å². The maximum absolute atomic E-state index is 13.0. The van der Waals surface area contributed by atoms with Gasteiger partial charge >= 0.3 is 0 Å². The van der Waals surface area contributed by atoms with Crippen molar-refractivity contribution in [2.75, 3.05) is 23.7 Å². The van der Waals surface area contributed by atoms with Gasteiger partial charge in [0.1, 0.15) is 23.8 Å². The molecule has 94 valence electrons. The van der Waals surface area contributed by atoms with Crippen molar-refractivity contribution in [3.05, 3.63) is 42.5 Å². The van der Waals surface area contributed by atoms with Crippen LogP contribution in [-0.4, -0.2) is 23.1 Å². The maximum Gasteiger partial charge on any atom is 0.135 e. The number of anilines is 3. The average molecular weight is 247 g/mol. The zero-order valence-corrected chi connectivity index (χ0v) is 9.73. The largest absolute Gasteiger partial charge is 0.369 e. The van der Waals surface area contributed by atoms with E-state index < -0.39 is 0 Å². The average Bonchev–Trinajstić information content (AvgIpc) is 2.37. The summed E-state index contributed by atoms with van der Waals surface area (Å²) >= 11 is 0. The van der Waals surface area contributed by atoms with Gasteiger partial charge in [-0.05, 0) is 18.2 Å². The lowest BCUT2D eigenvalue weighted by Crippen LogP contribution is -2.14. The van der Waals surface area contributed by atoms with E-state index in [-0.39, 0.29) is 5.82 Å². The number of nitrogens with two attached hydrogens (primary N) is 1. The second kappa shape index (κ2) is 5.92. The van der Waals surface area contributed by atoms with Crippen molar-refractivity contribution in [2.45, 2.75) is 0 Å². The number of nitrogens with one attached hydrogen (secondary N) is 2. The van der Waals surface area contributed by atoms with Crippen LogP contribution in [0.15, 0.2) is 36.7 Å². The van der Waals surface area contributed by atoms with Gasteiger partial charge in [0, 0.05) is 24.8 Å². The lowest BCUT2D eigenvalue weighted by Gasteiger charge is -2.07. The van der Waals surface area contributed by atoms with E-state index in [0.717, 1.165) is 0 Å². The summed E-state index contributed by atoms with van der Waals surface area (Å²) in [6.07, 6.45) is 1.43. The normalized spacial score (nSPS) is 10.1.